The van der Waals surface area contributed by atoms with Gasteiger partial charge in [0.25, 0.3) is 0 Å². The van der Waals surface area contributed by atoms with Crippen LogP contribution in [0.5, 0.6) is 0 Å². The number of ether oxygens (including phenoxy) is 1. The maximum atomic E-state index is 11.9. The summed E-state index contributed by atoms with van der Waals surface area (Å²) in [5.41, 5.74) is 5.24. The number of nitrogens with one attached hydrogen (secondary N) is 1. The van der Waals surface area contributed by atoms with Gasteiger partial charge in [0.1, 0.15) is 0 Å². The highest BCUT2D eigenvalue weighted by Crippen LogP contribution is 2.44. The van der Waals surface area contributed by atoms with Gasteiger partial charge in [-0.3, -0.25) is 4.79 Å². The van der Waals surface area contributed by atoms with Gasteiger partial charge in [0.15, 0.2) is 0 Å². The lowest BCUT2D eigenvalue weighted by Gasteiger charge is -2.40. The Kier molecular flexibility index (Phi) is 7.72. The lowest BCUT2D eigenvalue weighted by Crippen LogP contribution is -2.46. The monoisotopic (exact) mass is 250 g/mol. The summed E-state index contributed by atoms with van der Waals surface area (Å²) in [4.78, 5) is 11.9. The molecule has 0 atom stereocenters. The number of hydrogen-bond acceptors (Lipinski definition) is 3. The van der Waals surface area contributed by atoms with Crippen LogP contribution < -0.4 is 11.1 Å². The molecule has 0 radical (unpaired) electrons. The molecule has 96 valence electrons. The Hall–Kier alpha value is -0.320. The van der Waals surface area contributed by atoms with Crippen molar-refractivity contribution in [3.8, 4) is 0 Å². The number of methoxy groups -OCH3 is 1. The summed E-state index contributed by atoms with van der Waals surface area (Å²) in [6.45, 7) is 2.00. The fraction of sp³-hybridized carbons (Fsp3) is 0.909. The molecule has 1 aliphatic carbocycles. The maximum Gasteiger partial charge on any atom is 0.226 e. The van der Waals surface area contributed by atoms with Crippen molar-refractivity contribution in [2.45, 2.75) is 32.1 Å². The molecule has 0 bridgehead atoms. The van der Waals surface area contributed by atoms with Gasteiger partial charge in [0.2, 0.25) is 5.91 Å². The number of carbonyl (C=O) groups is 1. The van der Waals surface area contributed by atoms with E-state index in [9.17, 15) is 4.79 Å². The number of amides is 1. The lowest BCUT2D eigenvalue weighted by molar-refractivity contribution is -0.137. The third kappa shape index (κ3) is 3.92. The lowest BCUT2D eigenvalue weighted by atomic mass is 9.66. The van der Waals surface area contributed by atoms with Gasteiger partial charge in [0.05, 0.1) is 5.41 Å². The van der Waals surface area contributed by atoms with Crippen LogP contribution in [-0.2, 0) is 9.53 Å². The molecule has 0 aliphatic heterocycles. The molecule has 1 saturated carbocycles. The zero-order valence-corrected chi connectivity index (χ0v) is 10.8. The van der Waals surface area contributed by atoms with Crippen molar-refractivity contribution < 1.29 is 9.53 Å². The average molecular weight is 251 g/mol. The fourth-order valence-corrected chi connectivity index (χ4v) is 1.98. The summed E-state index contributed by atoms with van der Waals surface area (Å²) in [5, 5.41) is 2.96. The predicted octanol–water partition coefficient (Wildman–Crippen LogP) is 1.08. The van der Waals surface area contributed by atoms with Gasteiger partial charge in [-0.2, -0.15) is 0 Å². The Bertz CT molecular complexity index is 208. The molecule has 4 nitrogen and oxygen atoms in total. The Balaban J connectivity index is 0.00000225. The number of carbonyl (C=O) groups excluding carboxylic acids is 1. The average Bonchev–Trinajstić information content (AvgIpc) is 2.17. The normalized spacial score (nSPS) is 17.1. The van der Waals surface area contributed by atoms with Crippen LogP contribution >= 0.6 is 12.4 Å². The minimum Gasteiger partial charge on any atom is -0.385 e. The minimum atomic E-state index is -0.134. The van der Waals surface area contributed by atoms with E-state index in [1.165, 1.54) is 0 Å². The van der Waals surface area contributed by atoms with Crippen LogP contribution in [0.25, 0.3) is 0 Å². The van der Waals surface area contributed by atoms with Gasteiger partial charge in [-0.05, 0) is 32.2 Å². The van der Waals surface area contributed by atoms with E-state index >= 15 is 0 Å². The van der Waals surface area contributed by atoms with Crippen LogP contribution in [0.15, 0.2) is 0 Å². The summed E-state index contributed by atoms with van der Waals surface area (Å²) in [5.74, 6) is 0.194. The molecule has 1 fully saturated rings. The Morgan fingerprint density at radius 3 is 2.62 bits per heavy atom. The van der Waals surface area contributed by atoms with E-state index < -0.39 is 0 Å². The SMILES string of the molecule is COCCC1(C(=O)NCCCN)CCC1.Cl. The second-order valence-corrected chi connectivity index (χ2v) is 4.27. The molecule has 0 saturated heterocycles. The molecule has 1 rings (SSSR count). The fourth-order valence-electron chi connectivity index (χ4n) is 1.98. The van der Waals surface area contributed by atoms with E-state index in [1.807, 2.05) is 0 Å². The van der Waals surface area contributed by atoms with Gasteiger partial charge in [-0.15, -0.1) is 12.4 Å². The van der Waals surface area contributed by atoms with Gasteiger partial charge >= 0.3 is 0 Å². The molecule has 0 spiro atoms. The van der Waals surface area contributed by atoms with Gasteiger partial charge in [-0.25, -0.2) is 0 Å². The van der Waals surface area contributed by atoms with Crippen molar-refractivity contribution in [2.75, 3.05) is 26.8 Å². The second-order valence-electron chi connectivity index (χ2n) is 4.27. The number of halogens is 1. The first-order chi connectivity index (χ1) is 7.25. The summed E-state index contributed by atoms with van der Waals surface area (Å²) < 4.78 is 5.05. The summed E-state index contributed by atoms with van der Waals surface area (Å²) in [6, 6.07) is 0. The van der Waals surface area contributed by atoms with Crippen molar-refractivity contribution in [1.29, 1.82) is 0 Å². The maximum absolute atomic E-state index is 11.9. The van der Waals surface area contributed by atoms with E-state index in [4.69, 9.17) is 10.5 Å². The van der Waals surface area contributed by atoms with E-state index in [0.29, 0.717) is 19.7 Å². The molecular formula is C11H23ClN2O2. The molecule has 0 unspecified atom stereocenters. The molecule has 1 amide bonds. The first-order valence-corrected chi connectivity index (χ1v) is 5.72. The number of rotatable bonds is 7. The summed E-state index contributed by atoms with van der Waals surface area (Å²) in [7, 11) is 1.68. The van der Waals surface area contributed by atoms with E-state index in [1.54, 1.807) is 7.11 Å². The molecule has 0 heterocycles. The predicted molar refractivity (Wildman–Crippen MR) is 66.7 cm³/mol. The molecule has 5 heteroatoms. The van der Waals surface area contributed by atoms with Crippen molar-refractivity contribution in [1.82, 2.24) is 5.32 Å². The third-order valence-electron chi connectivity index (χ3n) is 3.24. The van der Waals surface area contributed by atoms with Gasteiger partial charge < -0.3 is 15.8 Å². The van der Waals surface area contributed by atoms with Crippen LogP contribution in [0.1, 0.15) is 32.1 Å². The Morgan fingerprint density at radius 1 is 1.50 bits per heavy atom. The van der Waals surface area contributed by atoms with Crippen molar-refractivity contribution in [3.63, 3.8) is 0 Å². The van der Waals surface area contributed by atoms with Crippen LogP contribution in [0, 0.1) is 5.41 Å². The molecule has 0 aromatic heterocycles. The first-order valence-electron chi connectivity index (χ1n) is 5.72. The third-order valence-corrected chi connectivity index (χ3v) is 3.24. The highest BCUT2D eigenvalue weighted by molar-refractivity contribution is 5.85. The Morgan fingerprint density at radius 2 is 2.19 bits per heavy atom. The topological polar surface area (TPSA) is 64.3 Å². The van der Waals surface area contributed by atoms with Crippen molar-refractivity contribution in [3.05, 3.63) is 0 Å². The standard InChI is InChI=1S/C11H22N2O2.ClH/c1-15-9-6-11(4-2-5-11)10(14)13-8-3-7-12;/h2-9,12H2,1H3,(H,13,14);1H. The largest absolute Gasteiger partial charge is 0.385 e. The quantitative estimate of drug-likeness (QED) is 0.665. The second kappa shape index (κ2) is 7.87. The number of nitrogens with two attached hydrogens (primary N) is 1. The zero-order valence-electron chi connectivity index (χ0n) is 9.96. The molecule has 0 aromatic rings. The molecular weight excluding hydrogens is 228 g/mol. The summed E-state index contributed by atoms with van der Waals surface area (Å²) in [6.07, 6.45) is 4.87. The zero-order chi connectivity index (χ0) is 11.1. The smallest absolute Gasteiger partial charge is 0.226 e. The van der Waals surface area contributed by atoms with Gasteiger partial charge in [-0.1, -0.05) is 6.42 Å². The molecule has 3 N–H and O–H groups in total. The highest BCUT2D eigenvalue weighted by Gasteiger charge is 2.43. The van der Waals surface area contributed by atoms with Crippen molar-refractivity contribution >= 4 is 18.3 Å². The molecule has 16 heavy (non-hydrogen) atoms. The van der Waals surface area contributed by atoms with Crippen LogP contribution in [0.4, 0.5) is 0 Å². The highest BCUT2D eigenvalue weighted by atomic mass is 35.5. The van der Waals surface area contributed by atoms with E-state index in [-0.39, 0.29) is 23.7 Å². The summed E-state index contributed by atoms with van der Waals surface area (Å²) >= 11 is 0. The first kappa shape index (κ1) is 15.7. The van der Waals surface area contributed by atoms with Crippen LogP contribution in [0.2, 0.25) is 0 Å². The van der Waals surface area contributed by atoms with Crippen LogP contribution in [-0.4, -0.2) is 32.7 Å². The van der Waals surface area contributed by atoms with Gasteiger partial charge in [0, 0.05) is 20.3 Å². The Labute approximate surface area is 104 Å². The molecule has 1 aliphatic rings. The minimum absolute atomic E-state index is 0. The van der Waals surface area contributed by atoms with E-state index in [0.717, 1.165) is 32.1 Å². The molecule has 0 aromatic carbocycles. The van der Waals surface area contributed by atoms with E-state index in [2.05, 4.69) is 5.32 Å². The van der Waals surface area contributed by atoms with Crippen molar-refractivity contribution in [2.24, 2.45) is 11.1 Å². The van der Waals surface area contributed by atoms with Crippen LogP contribution in [0.3, 0.4) is 0 Å². The number of hydrogen-bond donors (Lipinski definition) is 2.